The first-order valence-corrected chi connectivity index (χ1v) is 8.19. The Bertz CT molecular complexity index is 554. The van der Waals surface area contributed by atoms with E-state index in [2.05, 4.69) is 5.16 Å². The van der Waals surface area contributed by atoms with Gasteiger partial charge in [0.2, 0.25) is 0 Å². The zero-order valence-electron chi connectivity index (χ0n) is 12.9. The Balaban J connectivity index is 1.53. The van der Waals surface area contributed by atoms with Crippen molar-refractivity contribution in [1.29, 1.82) is 0 Å². The van der Waals surface area contributed by atoms with Crippen molar-refractivity contribution in [3.8, 4) is 0 Å². The van der Waals surface area contributed by atoms with Crippen LogP contribution in [0.25, 0.3) is 0 Å². The minimum atomic E-state index is -0.0186. The highest BCUT2D eigenvalue weighted by Gasteiger charge is 2.45. The Morgan fingerprint density at radius 3 is 3.00 bits per heavy atom. The van der Waals surface area contributed by atoms with E-state index >= 15 is 0 Å². The van der Waals surface area contributed by atoms with Crippen molar-refractivity contribution in [1.82, 2.24) is 10.1 Å². The molecule has 6 heteroatoms. The summed E-state index contributed by atoms with van der Waals surface area (Å²) in [5.74, 6) is 1.27. The largest absolute Gasteiger partial charge is 0.374 e. The van der Waals surface area contributed by atoms with Gasteiger partial charge in [0, 0.05) is 13.2 Å². The molecule has 1 saturated heterocycles. The van der Waals surface area contributed by atoms with E-state index in [1.165, 1.54) is 19.0 Å². The number of fused-ring (bicyclic) bond motifs is 2. The van der Waals surface area contributed by atoms with Crippen molar-refractivity contribution in [2.45, 2.75) is 50.9 Å². The maximum Gasteiger partial charge on any atom is 0.259 e. The van der Waals surface area contributed by atoms with Crippen molar-refractivity contribution in [3.05, 3.63) is 17.5 Å². The van der Waals surface area contributed by atoms with Gasteiger partial charge < -0.3 is 18.9 Å². The van der Waals surface area contributed by atoms with E-state index in [0.29, 0.717) is 30.4 Å². The third-order valence-electron chi connectivity index (χ3n) is 5.02. The van der Waals surface area contributed by atoms with Gasteiger partial charge in [0.1, 0.15) is 17.4 Å². The minimum absolute atomic E-state index is 0.00668. The number of nitrogens with zero attached hydrogens (tertiary/aromatic N) is 2. The predicted molar refractivity (Wildman–Crippen MR) is 77.5 cm³/mol. The highest BCUT2D eigenvalue weighted by atomic mass is 16.5. The topological polar surface area (TPSA) is 64.8 Å². The Labute approximate surface area is 129 Å². The van der Waals surface area contributed by atoms with Gasteiger partial charge in [0.15, 0.2) is 0 Å². The third kappa shape index (κ3) is 2.54. The molecule has 0 unspecified atom stereocenters. The number of hydrogen-bond donors (Lipinski definition) is 0. The molecule has 6 nitrogen and oxygen atoms in total. The molecule has 2 saturated carbocycles. The molecule has 22 heavy (non-hydrogen) atoms. The second-order valence-corrected chi connectivity index (χ2v) is 6.59. The molecule has 0 radical (unpaired) electrons. The second-order valence-electron chi connectivity index (χ2n) is 6.59. The molecule has 3 atom stereocenters. The molecule has 3 fully saturated rings. The molecule has 1 aliphatic heterocycles. The molecule has 2 heterocycles. The first kappa shape index (κ1) is 14.2. The SMILES string of the molecule is Cc1oncc1C(=O)N1CCO[C@H]2CC[C@H]1[C@@H]2OCC1CC1. The number of aromatic nitrogens is 1. The first-order valence-electron chi connectivity index (χ1n) is 8.19. The summed E-state index contributed by atoms with van der Waals surface area (Å²) < 4.78 is 17.1. The Morgan fingerprint density at radius 2 is 2.27 bits per heavy atom. The number of amides is 1. The van der Waals surface area contributed by atoms with Gasteiger partial charge in [0.05, 0.1) is 24.9 Å². The molecule has 1 amide bonds. The average molecular weight is 306 g/mol. The minimum Gasteiger partial charge on any atom is -0.374 e. The normalized spacial score (nSPS) is 31.3. The van der Waals surface area contributed by atoms with E-state index in [0.717, 1.165) is 19.4 Å². The number of ether oxygens (including phenoxy) is 2. The molecule has 0 spiro atoms. The van der Waals surface area contributed by atoms with Gasteiger partial charge in [-0.05, 0) is 38.5 Å². The fourth-order valence-corrected chi connectivity index (χ4v) is 3.55. The summed E-state index contributed by atoms with van der Waals surface area (Å²) >= 11 is 0. The van der Waals surface area contributed by atoms with Crippen LogP contribution in [0.3, 0.4) is 0 Å². The Kier molecular flexibility index (Phi) is 3.66. The lowest BCUT2D eigenvalue weighted by Crippen LogP contribution is -2.46. The lowest BCUT2D eigenvalue weighted by atomic mass is 10.1. The van der Waals surface area contributed by atoms with Gasteiger partial charge in [-0.25, -0.2) is 0 Å². The molecule has 2 bridgehead atoms. The summed E-state index contributed by atoms with van der Waals surface area (Å²) in [6, 6.07) is 0.105. The third-order valence-corrected chi connectivity index (χ3v) is 5.02. The lowest BCUT2D eigenvalue weighted by molar-refractivity contribution is -0.0556. The van der Waals surface area contributed by atoms with Crippen LogP contribution in [0, 0.1) is 12.8 Å². The number of hydrogen-bond acceptors (Lipinski definition) is 5. The number of carbonyl (C=O) groups excluding carboxylic acids is 1. The van der Waals surface area contributed by atoms with Crippen LogP contribution in [0.2, 0.25) is 0 Å². The monoisotopic (exact) mass is 306 g/mol. The van der Waals surface area contributed by atoms with Gasteiger partial charge in [0.25, 0.3) is 5.91 Å². The summed E-state index contributed by atoms with van der Waals surface area (Å²) in [7, 11) is 0. The maximum atomic E-state index is 12.8. The number of rotatable bonds is 4. The first-order chi connectivity index (χ1) is 10.7. The number of carbonyl (C=O) groups is 1. The van der Waals surface area contributed by atoms with E-state index in [9.17, 15) is 4.79 Å². The van der Waals surface area contributed by atoms with Crippen LogP contribution in [-0.4, -0.2) is 54.0 Å². The molecule has 0 N–H and O–H groups in total. The van der Waals surface area contributed by atoms with E-state index in [1.54, 1.807) is 6.92 Å². The van der Waals surface area contributed by atoms with E-state index in [-0.39, 0.29) is 24.2 Å². The molecule has 0 aromatic carbocycles. The Hall–Kier alpha value is -1.40. The fraction of sp³-hybridized carbons (Fsp3) is 0.750. The zero-order valence-corrected chi connectivity index (χ0v) is 12.9. The van der Waals surface area contributed by atoms with Crippen LogP contribution in [0.1, 0.15) is 41.8 Å². The molecule has 1 aromatic heterocycles. The standard InChI is InChI=1S/C16H22N2O4/c1-10-12(8-17-22-10)16(19)18-6-7-20-14-5-4-13(18)15(14)21-9-11-2-3-11/h8,11,13-15H,2-7,9H2,1H3/t13-,14-,15-/m0/s1. The van der Waals surface area contributed by atoms with Crippen molar-refractivity contribution < 1.29 is 18.8 Å². The predicted octanol–water partition coefficient (Wildman–Crippen LogP) is 1.78. The van der Waals surface area contributed by atoms with Gasteiger partial charge in [-0.15, -0.1) is 0 Å². The van der Waals surface area contributed by atoms with Gasteiger partial charge in [-0.2, -0.15) is 0 Å². The summed E-state index contributed by atoms with van der Waals surface area (Å²) in [6.07, 6.45) is 6.09. The number of aryl methyl sites for hydroxylation is 1. The highest BCUT2D eigenvalue weighted by Crippen LogP contribution is 2.36. The van der Waals surface area contributed by atoms with Crippen LogP contribution < -0.4 is 0 Å². The fourth-order valence-electron chi connectivity index (χ4n) is 3.55. The second kappa shape index (κ2) is 5.66. The zero-order chi connectivity index (χ0) is 15.1. The van der Waals surface area contributed by atoms with Crippen molar-refractivity contribution in [3.63, 3.8) is 0 Å². The van der Waals surface area contributed by atoms with Crippen LogP contribution in [0.15, 0.2) is 10.7 Å². The van der Waals surface area contributed by atoms with Crippen molar-refractivity contribution in [2.24, 2.45) is 5.92 Å². The average Bonchev–Trinajstić information content (AvgIpc) is 3.13. The van der Waals surface area contributed by atoms with Crippen molar-refractivity contribution in [2.75, 3.05) is 19.8 Å². The highest BCUT2D eigenvalue weighted by molar-refractivity contribution is 5.95. The smallest absolute Gasteiger partial charge is 0.259 e. The van der Waals surface area contributed by atoms with E-state index < -0.39 is 0 Å². The van der Waals surface area contributed by atoms with Crippen LogP contribution in [0.5, 0.6) is 0 Å². The quantitative estimate of drug-likeness (QED) is 0.848. The lowest BCUT2D eigenvalue weighted by Gasteiger charge is -2.31. The summed E-state index contributed by atoms with van der Waals surface area (Å²) in [6.45, 7) is 3.75. The van der Waals surface area contributed by atoms with Crippen LogP contribution in [-0.2, 0) is 9.47 Å². The van der Waals surface area contributed by atoms with Crippen LogP contribution >= 0.6 is 0 Å². The molecule has 1 aromatic rings. The maximum absolute atomic E-state index is 12.8. The van der Waals surface area contributed by atoms with E-state index in [4.69, 9.17) is 14.0 Å². The molecule has 120 valence electrons. The van der Waals surface area contributed by atoms with E-state index in [1.807, 2.05) is 4.90 Å². The molecular formula is C16H22N2O4. The molecule has 3 aliphatic rings. The molecular weight excluding hydrogens is 284 g/mol. The van der Waals surface area contributed by atoms with Gasteiger partial charge >= 0.3 is 0 Å². The van der Waals surface area contributed by atoms with Gasteiger partial charge in [-0.1, -0.05) is 5.16 Å². The molecule has 4 rings (SSSR count). The summed E-state index contributed by atoms with van der Waals surface area (Å²) in [5.41, 5.74) is 0.547. The van der Waals surface area contributed by atoms with Crippen molar-refractivity contribution >= 4 is 5.91 Å². The Morgan fingerprint density at radius 1 is 1.41 bits per heavy atom. The van der Waals surface area contributed by atoms with Gasteiger partial charge in [-0.3, -0.25) is 4.79 Å². The summed E-state index contributed by atoms with van der Waals surface area (Å²) in [5, 5.41) is 3.72. The van der Waals surface area contributed by atoms with Crippen LogP contribution in [0.4, 0.5) is 0 Å². The molecule has 2 aliphatic carbocycles. The summed E-state index contributed by atoms with van der Waals surface area (Å²) in [4.78, 5) is 14.7.